The predicted octanol–water partition coefficient (Wildman–Crippen LogP) is 5.06. The van der Waals surface area contributed by atoms with Crippen molar-refractivity contribution in [3.05, 3.63) is 88.6 Å². The Balaban J connectivity index is 1.78. The molecule has 0 saturated heterocycles. The molecule has 5 heteroatoms. The number of ether oxygens (including phenoxy) is 3. The second kappa shape index (κ2) is 8.10. The highest BCUT2D eigenvalue weighted by atomic mass is 16.5. The molecule has 0 atom stereocenters. The lowest BCUT2D eigenvalue weighted by Gasteiger charge is -2.12. The third-order valence-corrected chi connectivity index (χ3v) is 4.61. The molecule has 0 aliphatic heterocycles. The molecule has 29 heavy (non-hydrogen) atoms. The predicted molar refractivity (Wildman–Crippen MR) is 112 cm³/mol. The first-order valence-corrected chi connectivity index (χ1v) is 9.15. The summed E-state index contributed by atoms with van der Waals surface area (Å²) in [5.74, 6) is 2.01. The molecule has 1 aromatic heterocycles. The van der Waals surface area contributed by atoms with Crippen LogP contribution in [0.2, 0.25) is 0 Å². The summed E-state index contributed by atoms with van der Waals surface area (Å²) in [5, 5.41) is 0.375. The zero-order valence-corrected chi connectivity index (χ0v) is 16.2. The number of rotatable bonds is 6. The molecule has 0 fully saturated rings. The van der Waals surface area contributed by atoms with Gasteiger partial charge in [-0.1, -0.05) is 42.5 Å². The fourth-order valence-corrected chi connectivity index (χ4v) is 3.17. The summed E-state index contributed by atoms with van der Waals surface area (Å²) in [6, 6.07) is 22.2. The average Bonchev–Trinajstić information content (AvgIpc) is 2.77. The molecule has 4 aromatic rings. The molecule has 0 N–H and O–H groups in total. The van der Waals surface area contributed by atoms with E-state index in [-0.39, 0.29) is 5.43 Å². The molecule has 0 aliphatic rings. The molecular weight excluding hydrogens is 368 g/mol. The van der Waals surface area contributed by atoms with Gasteiger partial charge < -0.3 is 18.6 Å². The van der Waals surface area contributed by atoms with Gasteiger partial charge in [-0.3, -0.25) is 4.79 Å². The maximum Gasteiger partial charge on any atom is 0.197 e. The summed E-state index contributed by atoms with van der Waals surface area (Å²) in [6.07, 6.45) is 0. The summed E-state index contributed by atoms with van der Waals surface area (Å²) in [7, 11) is 3.06. The fraction of sp³-hybridized carbons (Fsp3) is 0.125. The van der Waals surface area contributed by atoms with Gasteiger partial charge >= 0.3 is 0 Å². The largest absolute Gasteiger partial charge is 0.496 e. The molecule has 0 bridgehead atoms. The molecule has 0 saturated carbocycles. The maximum absolute atomic E-state index is 12.8. The Kier molecular flexibility index (Phi) is 5.20. The Hall–Kier alpha value is -3.73. The number of fused-ring (bicyclic) bond motifs is 1. The molecule has 5 nitrogen and oxygen atoms in total. The first kappa shape index (κ1) is 18.6. The minimum Gasteiger partial charge on any atom is -0.496 e. The Labute approximate surface area is 168 Å². The first-order valence-electron chi connectivity index (χ1n) is 9.15. The Morgan fingerprint density at radius 1 is 0.828 bits per heavy atom. The van der Waals surface area contributed by atoms with Crippen molar-refractivity contribution in [2.45, 2.75) is 6.61 Å². The van der Waals surface area contributed by atoms with Crippen molar-refractivity contribution in [3.8, 4) is 28.6 Å². The minimum atomic E-state index is -0.196. The molecule has 0 amide bonds. The average molecular weight is 388 g/mol. The Morgan fingerprint density at radius 3 is 2.34 bits per heavy atom. The van der Waals surface area contributed by atoms with Crippen LogP contribution >= 0.6 is 0 Å². The van der Waals surface area contributed by atoms with E-state index in [1.165, 1.54) is 13.2 Å². The Bertz CT molecular complexity index is 1200. The van der Waals surface area contributed by atoms with Crippen LogP contribution in [0.3, 0.4) is 0 Å². The van der Waals surface area contributed by atoms with Gasteiger partial charge in [0, 0.05) is 18.2 Å². The maximum atomic E-state index is 12.8. The Morgan fingerprint density at radius 2 is 1.59 bits per heavy atom. The van der Waals surface area contributed by atoms with Gasteiger partial charge in [-0.25, -0.2) is 0 Å². The standard InChI is InChI=1S/C24H20O5/c1-26-17-12-22(27-2)24-19(25)14-21(29-23(24)13-17)18-10-6-7-11-20(18)28-15-16-8-4-3-5-9-16/h3-14H,15H2,1-2H3. The van der Waals surface area contributed by atoms with Crippen LogP contribution in [0.4, 0.5) is 0 Å². The van der Waals surface area contributed by atoms with E-state index in [0.29, 0.717) is 46.1 Å². The monoisotopic (exact) mass is 388 g/mol. The highest BCUT2D eigenvalue weighted by Crippen LogP contribution is 2.34. The topological polar surface area (TPSA) is 57.9 Å². The van der Waals surface area contributed by atoms with Crippen LogP contribution < -0.4 is 19.6 Å². The van der Waals surface area contributed by atoms with E-state index in [1.807, 2.05) is 54.6 Å². The van der Waals surface area contributed by atoms with Crippen LogP contribution in [0.1, 0.15) is 5.56 Å². The molecule has 4 rings (SSSR count). The smallest absolute Gasteiger partial charge is 0.197 e. The van der Waals surface area contributed by atoms with E-state index < -0.39 is 0 Å². The number of hydrogen-bond acceptors (Lipinski definition) is 5. The molecular formula is C24H20O5. The normalized spacial score (nSPS) is 10.7. The fourth-order valence-electron chi connectivity index (χ4n) is 3.17. The lowest BCUT2D eigenvalue weighted by molar-refractivity contribution is 0.307. The van der Waals surface area contributed by atoms with Gasteiger partial charge in [0.15, 0.2) is 5.43 Å². The zero-order chi connectivity index (χ0) is 20.2. The molecule has 0 radical (unpaired) electrons. The lowest BCUT2D eigenvalue weighted by atomic mass is 10.1. The highest BCUT2D eigenvalue weighted by Gasteiger charge is 2.16. The van der Waals surface area contributed by atoms with E-state index >= 15 is 0 Å². The van der Waals surface area contributed by atoms with Crippen LogP contribution in [0.25, 0.3) is 22.3 Å². The van der Waals surface area contributed by atoms with E-state index in [0.717, 1.165) is 5.56 Å². The van der Waals surface area contributed by atoms with Crippen molar-refractivity contribution < 1.29 is 18.6 Å². The second-order valence-corrected chi connectivity index (χ2v) is 6.45. The van der Waals surface area contributed by atoms with Crippen molar-refractivity contribution >= 4 is 11.0 Å². The van der Waals surface area contributed by atoms with Crippen LogP contribution in [0.5, 0.6) is 17.2 Å². The van der Waals surface area contributed by atoms with Gasteiger partial charge in [-0.2, -0.15) is 0 Å². The molecule has 0 unspecified atom stereocenters. The number of para-hydroxylation sites is 1. The highest BCUT2D eigenvalue weighted by molar-refractivity contribution is 5.86. The van der Waals surface area contributed by atoms with E-state index in [1.54, 1.807) is 19.2 Å². The molecule has 0 spiro atoms. The molecule has 146 valence electrons. The summed E-state index contributed by atoms with van der Waals surface area (Å²) in [5.41, 5.74) is 1.95. The van der Waals surface area contributed by atoms with Gasteiger partial charge in [0.2, 0.25) is 0 Å². The summed E-state index contributed by atoms with van der Waals surface area (Å²) < 4.78 is 22.7. The van der Waals surface area contributed by atoms with Crippen molar-refractivity contribution in [1.82, 2.24) is 0 Å². The third kappa shape index (κ3) is 3.80. The third-order valence-electron chi connectivity index (χ3n) is 4.61. The van der Waals surface area contributed by atoms with E-state index in [9.17, 15) is 4.79 Å². The molecule has 3 aromatic carbocycles. The number of methoxy groups -OCH3 is 2. The quantitative estimate of drug-likeness (QED) is 0.462. The van der Waals surface area contributed by atoms with Crippen molar-refractivity contribution in [2.24, 2.45) is 0 Å². The number of hydrogen-bond donors (Lipinski definition) is 0. The van der Waals surface area contributed by atoms with Gasteiger partial charge in [0.1, 0.15) is 40.6 Å². The van der Waals surface area contributed by atoms with Gasteiger partial charge in [-0.15, -0.1) is 0 Å². The van der Waals surface area contributed by atoms with Crippen molar-refractivity contribution in [3.63, 3.8) is 0 Å². The SMILES string of the molecule is COc1cc(OC)c2c(=O)cc(-c3ccccc3OCc3ccccc3)oc2c1. The summed E-state index contributed by atoms with van der Waals surface area (Å²) >= 11 is 0. The molecule has 0 aliphatic carbocycles. The van der Waals surface area contributed by atoms with Crippen LogP contribution in [-0.2, 0) is 6.61 Å². The minimum absolute atomic E-state index is 0.196. The van der Waals surface area contributed by atoms with E-state index in [4.69, 9.17) is 18.6 Å². The van der Waals surface area contributed by atoms with Crippen molar-refractivity contribution in [1.29, 1.82) is 0 Å². The van der Waals surface area contributed by atoms with Gasteiger partial charge in [0.25, 0.3) is 0 Å². The van der Waals surface area contributed by atoms with Crippen molar-refractivity contribution in [2.75, 3.05) is 14.2 Å². The first-order chi connectivity index (χ1) is 14.2. The van der Waals surface area contributed by atoms with E-state index in [2.05, 4.69) is 0 Å². The van der Waals surface area contributed by atoms with Crippen LogP contribution in [0, 0.1) is 0 Å². The molecule has 1 heterocycles. The lowest BCUT2D eigenvalue weighted by Crippen LogP contribution is -2.04. The summed E-state index contributed by atoms with van der Waals surface area (Å²) in [4.78, 5) is 12.8. The number of benzene rings is 3. The van der Waals surface area contributed by atoms with Gasteiger partial charge in [0.05, 0.1) is 19.8 Å². The summed E-state index contributed by atoms with van der Waals surface area (Å²) in [6.45, 7) is 0.414. The van der Waals surface area contributed by atoms with Crippen LogP contribution in [0.15, 0.2) is 82.0 Å². The van der Waals surface area contributed by atoms with Crippen LogP contribution in [-0.4, -0.2) is 14.2 Å². The van der Waals surface area contributed by atoms with Gasteiger partial charge in [-0.05, 0) is 17.7 Å². The second-order valence-electron chi connectivity index (χ2n) is 6.45. The zero-order valence-electron chi connectivity index (χ0n) is 16.2.